The predicted molar refractivity (Wildman–Crippen MR) is 134 cm³/mol. The average Bonchev–Trinajstić information content (AvgIpc) is 3.47. The van der Waals surface area contributed by atoms with E-state index in [1.54, 1.807) is 12.1 Å². The van der Waals surface area contributed by atoms with Crippen molar-refractivity contribution in [1.82, 2.24) is 20.0 Å². The Kier molecular flexibility index (Phi) is 6.74. The molecule has 4 N–H and O–H groups in total. The van der Waals surface area contributed by atoms with Gasteiger partial charge in [0.05, 0.1) is 28.1 Å². The molecule has 0 atom stereocenters. The molecular formula is C24H20N6O7S. The van der Waals surface area contributed by atoms with E-state index >= 15 is 0 Å². The first kappa shape index (κ1) is 26.1. The van der Waals surface area contributed by atoms with Crippen LogP contribution in [0.5, 0.6) is 5.88 Å². The van der Waals surface area contributed by atoms with E-state index in [4.69, 9.17) is 0 Å². The molecule has 0 aliphatic heterocycles. The lowest BCUT2D eigenvalue weighted by Gasteiger charge is -2.15. The molecule has 2 aromatic heterocycles. The molecule has 0 bridgehead atoms. The zero-order chi connectivity index (χ0) is 27.8. The first-order valence-corrected chi connectivity index (χ1v) is 11.7. The van der Waals surface area contributed by atoms with Crippen LogP contribution in [0.2, 0.25) is 0 Å². The Morgan fingerprint density at radius 2 is 1.50 bits per heavy atom. The minimum atomic E-state index is -1.35. The van der Waals surface area contributed by atoms with Gasteiger partial charge in [-0.15, -0.1) is 20.4 Å². The van der Waals surface area contributed by atoms with Crippen LogP contribution in [0.3, 0.4) is 0 Å². The minimum Gasteiger partial charge on any atom is -0.492 e. The van der Waals surface area contributed by atoms with E-state index in [0.29, 0.717) is 16.3 Å². The molecular weight excluding hydrogens is 516 g/mol. The van der Waals surface area contributed by atoms with Crippen LogP contribution in [-0.4, -0.2) is 58.3 Å². The third-order valence-electron chi connectivity index (χ3n) is 5.21. The van der Waals surface area contributed by atoms with E-state index < -0.39 is 29.2 Å². The Hall–Kier alpha value is -4.98. The summed E-state index contributed by atoms with van der Waals surface area (Å²) < 4.78 is 0.997. The van der Waals surface area contributed by atoms with Crippen LogP contribution >= 0.6 is 11.3 Å². The third-order valence-corrected chi connectivity index (χ3v) is 6.07. The van der Waals surface area contributed by atoms with Gasteiger partial charge < -0.3 is 20.4 Å². The molecule has 2 heterocycles. The van der Waals surface area contributed by atoms with Gasteiger partial charge in [0.1, 0.15) is 5.01 Å². The predicted octanol–water partition coefficient (Wildman–Crippen LogP) is 4.90. The fourth-order valence-electron chi connectivity index (χ4n) is 3.41. The van der Waals surface area contributed by atoms with Gasteiger partial charge >= 0.3 is 17.9 Å². The molecule has 14 heteroatoms. The van der Waals surface area contributed by atoms with E-state index in [1.165, 1.54) is 24.3 Å². The van der Waals surface area contributed by atoms with Gasteiger partial charge in [-0.25, -0.2) is 14.4 Å². The van der Waals surface area contributed by atoms with E-state index in [9.17, 15) is 34.8 Å². The zero-order valence-electron chi connectivity index (χ0n) is 20.1. The molecule has 38 heavy (non-hydrogen) atoms. The molecule has 0 saturated carbocycles. The second-order valence-electron chi connectivity index (χ2n) is 9.04. The molecule has 0 saturated heterocycles. The number of aromatic hydroxyl groups is 1. The highest BCUT2D eigenvalue weighted by atomic mass is 32.1. The molecule has 4 aromatic rings. The van der Waals surface area contributed by atoms with Crippen LogP contribution in [-0.2, 0) is 5.41 Å². The van der Waals surface area contributed by atoms with Crippen molar-refractivity contribution < 1.29 is 34.8 Å². The molecule has 0 radical (unpaired) electrons. The van der Waals surface area contributed by atoms with Crippen LogP contribution in [0.15, 0.2) is 52.7 Å². The number of hydrogen-bond donors (Lipinski definition) is 4. The first-order valence-electron chi connectivity index (χ1n) is 10.9. The standard InChI is InChI=1S/C24H20N6O7S/c1-24(2,3)17-16(19(31)30(29-17)15-9-13(21(34)35)8-14(10-15)22(36)37)25-27-23-28-26-18(38-23)11-5-4-6-12(7-11)20(32)33/h4-10,31H,1-3H3,(H,32,33)(H,34,35)(H,36,37)/b27-25+. The number of carboxylic acids is 3. The Labute approximate surface area is 218 Å². The van der Waals surface area contributed by atoms with Gasteiger partial charge in [-0.3, -0.25) is 0 Å². The van der Waals surface area contributed by atoms with Crippen LogP contribution in [0.4, 0.5) is 10.8 Å². The van der Waals surface area contributed by atoms with Crippen LogP contribution in [0, 0.1) is 0 Å². The monoisotopic (exact) mass is 536 g/mol. The molecule has 0 unspecified atom stereocenters. The zero-order valence-corrected chi connectivity index (χ0v) is 21.0. The van der Waals surface area contributed by atoms with E-state index in [2.05, 4.69) is 25.5 Å². The number of azo groups is 1. The lowest BCUT2D eigenvalue weighted by molar-refractivity contribution is 0.0682. The van der Waals surface area contributed by atoms with Crippen LogP contribution in [0.25, 0.3) is 16.3 Å². The number of benzene rings is 2. The van der Waals surface area contributed by atoms with Crippen molar-refractivity contribution in [2.24, 2.45) is 10.2 Å². The van der Waals surface area contributed by atoms with Crippen molar-refractivity contribution in [2.45, 2.75) is 26.2 Å². The van der Waals surface area contributed by atoms with Crippen molar-refractivity contribution in [3.63, 3.8) is 0 Å². The molecule has 0 fully saturated rings. The summed E-state index contributed by atoms with van der Waals surface area (Å²) in [4.78, 5) is 34.3. The molecule has 0 spiro atoms. The van der Waals surface area contributed by atoms with Crippen molar-refractivity contribution in [3.8, 4) is 22.1 Å². The van der Waals surface area contributed by atoms with Gasteiger partial charge in [0.25, 0.3) is 5.13 Å². The Bertz CT molecular complexity index is 1580. The number of rotatable bonds is 7. The third kappa shape index (κ3) is 5.24. The summed E-state index contributed by atoms with van der Waals surface area (Å²) in [5.74, 6) is -4.27. The summed E-state index contributed by atoms with van der Waals surface area (Å²) in [5.41, 5.74) is -0.361. The van der Waals surface area contributed by atoms with Gasteiger partial charge in [0.15, 0.2) is 5.69 Å². The number of hydrogen-bond acceptors (Lipinski definition) is 10. The SMILES string of the molecule is CC(C)(C)c1nn(-c2cc(C(=O)O)cc(C(=O)O)c2)c(O)c1/N=N/c1nnc(-c2cccc(C(=O)O)c2)s1. The van der Waals surface area contributed by atoms with E-state index in [0.717, 1.165) is 22.1 Å². The summed E-state index contributed by atoms with van der Waals surface area (Å²) in [6.07, 6.45) is 0. The van der Waals surface area contributed by atoms with Gasteiger partial charge in [0.2, 0.25) is 5.88 Å². The summed E-state index contributed by atoms with van der Waals surface area (Å²) in [6.45, 7) is 5.44. The van der Waals surface area contributed by atoms with Crippen molar-refractivity contribution in [2.75, 3.05) is 0 Å². The van der Waals surface area contributed by atoms with Gasteiger partial charge in [-0.2, -0.15) is 9.78 Å². The van der Waals surface area contributed by atoms with Gasteiger partial charge in [-0.05, 0) is 30.3 Å². The largest absolute Gasteiger partial charge is 0.492 e. The second-order valence-corrected chi connectivity index (χ2v) is 9.99. The number of aromatic nitrogens is 4. The van der Waals surface area contributed by atoms with E-state index in [1.807, 2.05) is 20.8 Å². The topological polar surface area (TPSA) is 200 Å². The lowest BCUT2D eigenvalue weighted by atomic mass is 9.91. The van der Waals surface area contributed by atoms with Crippen molar-refractivity contribution in [1.29, 1.82) is 0 Å². The van der Waals surface area contributed by atoms with Crippen molar-refractivity contribution >= 4 is 40.1 Å². The van der Waals surface area contributed by atoms with E-state index in [-0.39, 0.29) is 33.2 Å². The highest BCUT2D eigenvalue weighted by Crippen LogP contribution is 2.41. The molecule has 4 rings (SSSR count). The highest BCUT2D eigenvalue weighted by Gasteiger charge is 2.28. The molecule has 0 amide bonds. The fourth-order valence-corrected chi connectivity index (χ4v) is 4.07. The fraction of sp³-hybridized carbons (Fsp3) is 0.167. The van der Waals surface area contributed by atoms with Gasteiger partial charge in [0, 0.05) is 11.0 Å². The number of aromatic carboxylic acids is 3. The Balaban J connectivity index is 1.76. The van der Waals surface area contributed by atoms with Crippen molar-refractivity contribution in [3.05, 3.63) is 64.8 Å². The Morgan fingerprint density at radius 3 is 2.08 bits per heavy atom. The maximum atomic E-state index is 11.5. The Morgan fingerprint density at radius 1 is 0.868 bits per heavy atom. The van der Waals surface area contributed by atoms with Gasteiger partial charge in [-0.1, -0.05) is 44.2 Å². The summed E-state index contributed by atoms with van der Waals surface area (Å²) in [7, 11) is 0. The minimum absolute atomic E-state index is 0.00302. The summed E-state index contributed by atoms with van der Waals surface area (Å²) in [6, 6.07) is 9.52. The number of carboxylic acid groups (broad SMARTS) is 3. The molecule has 2 aromatic carbocycles. The van der Waals surface area contributed by atoms with Crippen LogP contribution in [0.1, 0.15) is 57.5 Å². The average molecular weight is 537 g/mol. The number of nitrogens with zero attached hydrogens (tertiary/aromatic N) is 6. The maximum Gasteiger partial charge on any atom is 0.335 e. The summed E-state index contributed by atoms with van der Waals surface area (Å²) in [5, 5.41) is 60.1. The molecule has 194 valence electrons. The molecule has 0 aliphatic rings. The lowest BCUT2D eigenvalue weighted by Crippen LogP contribution is -2.13. The molecule has 0 aliphatic carbocycles. The smallest absolute Gasteiger partial charge is 0.335 e. The van der Waals surface area contributed by atoms with Crippen LogP contribution < -0.4 is 0 Å². The maximum absolute atomic E-state index is 11.5. The summed E-state index contributed by atoms with van der Waals surface area (Å²) >= 11 is 1.04. The quantitative estimate of drug-likeness (QED) is 0.235. The second kappa shape index (κ2) is 9.82. The highest BCUT2D eigenvalue weighted by molar-refractivity contribution is 7.18. The molecule has 13 nitrogen and oxygen atoms in total. The first-order chi connectivity index (χ1) is 17.8. The normalized spacial score (nSPS) is 11.7. The number of carbonyl (C=O) groups is 3.